The van der Waals surface area contributed by atoms with Crippen LogP contribution in [-0.2, 0) is 12.6 Å². The van der Waals surface area contributed by atoms with Crippen LogP contribution < -0.4 is 5.32 Å². The fourth-order valence-electron chi connectivity index (χ4n) is 3.65. The van der Waals surface area contributed by atoms with E-state index in [1.807, 2.05) is 24.7 Å². The van der Waals surface area contributed by atoms with E-state index in [2.05, 4.69) is 20.6 Å². The van der Waals surface area contributed by atoms with Gasteiger partial charge in [0.05, 0.1) is 10.6 Å². The molecule has 0 aromatic carbocycles. The van der Waals surface area contributed by atoms with Gasteiger partial charge >= 0.3 is 0 Å². The van der Waals surface area contributed by atoms with Gasteiger partial charge in [-0.2, -0.15) is 10.1 Å². The number of aryl methyl sites for hydroxylation is 3. The molecule has 3 aromatic heterocycles. The van der Waals surface area contributed by atoms with E-state index in [0.29, 0.717) is 16.6 Å². The number of amides is 1. The van der Waals surface area contributed by atoms with Crippen molar-refractivity contribution in [3.63, 3.8) is 0 Å². The first-order valence-corrected chi connectivity index (χ1v) is 9.37. The van der Waals surface area contributed by atoms with E-state index < -0.39 is 5.54 Å². The number of nitrogens with one attached hydrogen (secondary N) is 1. The average molecular weight is 359 g/mol. The topological polar surface area (TPSA) is 85.8 Å². The van der Waals surface area contributed by atoms with E-state index >= 15 is 0 Å². The molecule has 0 radical (unpaired) electrons. The molecule has 0 atom stereocenters. The number of carbonyl (C=O) groups is 1. The molecular formula is C17H21N5O2S. The predicted molar refractivity (Wildman–Crippen MR) is 94.6 cm³/mol. The lowest BCUT2D eigenvalue weighted by molar-refractivity contribution is 0.0859. The van der Waals surface area contributed by atoms with Gasteiger partial charge in [0, 0.05) is 19.4 Å². The van der Waals surface area contributed by atoms with Crippen molar-refractivity contribution in [3.05, 3.63) is 28.4 Å². The van der Waals surface area contributed by atoms with E-state index in [-0.39, 0.29) is 5.91 Å². The van der Waals surface area contributed by atoms with Crippen molar-refractivity contribution in [3.8, 4) is 0 Å². The Hall–Kier alpha value is -2.22. The molecule has 0 bridgehead atoms. The second-order valence-electron chi connectivity index (χ2n) is 6.77. The first kappa shape index (κ1) is 16.3. The van der Waals surface area contributed by atoms with Gasteiger partial charge in [0.25, 0.3) is 5.91 Å². The van der Waals surface area contributed by atoms with Crippen molar-refractivity contribution in [2.75, 3.05) is 0 Å². The number of nitrogens with zero attached hydrogens (tertiary/aromatic N) is 4. The molecule has 8 heteroatoms. The largest absolute Gasteiger partial charge is 0.340 e. The SMILES string of the molecule is Cc1nc(C2(NC(=O)c3cc4c(C)nn(C)c4s3)CCCCC2)no1. The molecule has 25 heavy (non-hydrogen) atoms. The molecule has 0 aliphatic heterocycles. The summed E-state index contributed by atoms with van der Waals surface area (Å²) in [7, 11) is 1.90. The number of carbonyl (C=O) groups excluding carboxylic acids is 1. The fraction of sp³-hybridized carbons (Fsp3) is 0.529. The van der Waals surface area contributed by atoms with Crippen molar-refractivity contribution >= 4 is 27.5 Å². The third-order valence-corrected chi connectivity index (χ3v) is 6.14. The van der Waals surface area contributed by atoms with Gasteiger partial charge in [0.2, 0.25) is 5.89 Å². The zero-order valence-corrected chi connectivity index (χ0v) is 15.4. The molecule has 3 aromatic rings. The Kier molecular flexibility index (Phi) is 3.87. The Labute approximate surface area is 149 Å². The maximum Gasteiger partial charge on any atom is 0.262 e. The first-order chi connectivity index (χ1) is 12.0. The van der Waals surface area contributed by atoms with Crippen molar-refractivity contribution in [1.82, 2.24) is 25.2 Å². The van der Waals surface area contributed by atoms with Crippen LogP contribution in [0.25, 0.3) is 10.2 Å². The van der Waals surface area contributed by atoms with E-state index in [4.69, 9.17) is 4.52 Å². The van der Waals surface area contributed by atoms with Crippen LogP contribution in [0.15, 0.2) is 10.6 Å². The standard InChI is InChI=1S/C17H21N5O2S/c1-10-12-9-13(25-15(12)22(3)20-10)14(23)19-17(7-5-4-6-8-17)16-18-11(2)24-21-16/h9H,4-8H2,1-3H3,(H,19,23). The van der Waals surface area contributed by atoms with Crippen molar-refractivity contribution in [1.29, 1.82) is 0 Å². The number of fused-ring (bicyclic) bond motifs is 1. The number of aromatic nitrogens is 4. The molecule has 1 amide bonds. The number of hydrogen-bond acceptors (Lipinski definition) is 6. The second kappa shape index (κ2) is 5.94. The Morgan fingerprint density at radius 1 is 1.32 bits per heavy atom. The zero-order valence-electron chi connectivity index (χ0n) is 14.6. The van der Waals surface area contributed by atoms with Crippen LogP contribution >= 0.6 is 11.3 Å². The van der Waals surface area contributed by atoms with Gasteiger partial charge in [-0.25, -0.2) is 0 Å². The van der Waals surface area contributed by atoms with E-state index in [9.17, 15) is 4.79 Å². The van der Waals surface area contributed by atoms with Gasteiger partial charge < -0.3 is 9.84 Å². The smallest absolute Gasteiger partial charge is 0.262 e. The molecule has 1 aliphatic carbocycles. The maximum atomic E-state index is 13.0. The highest BCUT2D eigenvalue weighted by molar-refractivity contribution is 7.20. The van der Waals surface area contributed by atoms with Gasteiger partial charge in [0.15, 0.2) is 5.82 Å². The van der Waals surface area contributed by atoms with Gasteiger partial charge in [0.1, 0.15) is 10.4 Å². The fourth-order valence-corrected chi connectivity index (χ4v) is 4.67. The van der Waals surface area contributed by atoms with Crippen LogP contribution in [0.4, 0.5) is 0 Å². The van der Waals surface area contributed by atoms with Crippen molar-refractivity contribution in [2.24, 2.45) is 7.05 Å². The van der Waals surface area contributed by atoms with Gasteiger partial charge in [-0.1, -0.05) is 24.4 Å². The Bertz CT molecular complexity index is 898. The average Bonchev–Trinajstić information content (AvgIpc) is 3.27. The predicted octanol–water partition coefficient (Wildman–Crippen LogP) is 3.22. The molecular weight excluding hydrogens is 338 g/mol. The minimum atomic E-state index is -0.531. The second-order valence-corrected chi connectivity index (χ2v) is 7.80. The number of thiophene rings is 1. The van der Waals surface area contributed by atoms with E-state index in [0.717, 1.165) is 41.6 Å². The summed E-state index contributed by atoms with van der Waals surface area (Å²) in [5, 5.41) is 12.8. The summed E-state index contributed by atoms with van der Waals surface area (Å²) in [6, 6.07) is 1.93. The Morgan fingerprint density at radius 3 is 2.72 bits per heavy atom. The third kappa shape index (κ3) is 2.74. The highest BCUT2D eigenvalue weighted by Gasteiger charge is 2.40. The summed E-state index contributed by atoms with van der Waals surface area (Å²) in [6.45, 7) is 3.73. The molecule has 4 rings (SSSR count). The van der Waals surface area contributed by atoms with Crippen molar-refractivity contribution < 1.29 is 9.32 Å². The molecule has 0 spiro atoms. The normalized spacial score (nSPS) is 17.1. The molecule has 0 unspecified atom stereocenters. The van der Waals surface area contributed by atoms with Gasteiger partial charge in [-0.05, 0) is 25.8 Å². The van der Waals surface area contributed by atoms with Crippen LogP contribution in [0, 0.1) is 13.8 Å². The molecule has 1 N–H and O–H groups in total. The summed E-state index contributed by atoms with van der Waals surface area (Å²) < 4.78 is 7.00. The number of hydrogen-bond donors (Lipinski definition) is 1. The number of rotatable bonds is 3. The lowest BCUT2D eigenvalue weighted by Gasteiger charge is -2.35. The molecule has 1 fully saturated rings. The van der Waals surface area contributed by atoms with E-state index in [1.165, 1.54) is 17.8 Å². The first-order valence-electron chi connectivity index (χ1n) is 8.55. The lowest BCUT2D eigenvalue weighted by atomic mass is 9.81. The highest BCUT2D eigenvalue weighted by atomic mass is 32.1. The maximum absolute atomic E-state index is 13.0. The zero-order chi connectivity index (χ0) is 17.6. The van der Waals surface area contributed by atoms with Gasteiger partial charge in [-0.3, -0.25) is 9.48 Å². The summed E-state index contributed by atoms with van der Waals surface area (Å²) >= 11 is 1.46. The van der Waals surface area contributed by atoms with E-state index in [1.54, 1.807) is 6.92 Å². The molecule has 1 aliphatic rings. The highest BCUT2D eigenvalue weighted by Crippen LogP contribution is 2.36. The van der Waals surface area contributed by atoms with Crippen molar-refractivity contribution in [2.45, 2.75) is 51.5 Å². The van der Waals surface area contributed by atoms with Gasteiger partial charge in [-0.15, -0.1) is 11.3 Å². The molecule has 0 saturated heterocycles. The summed E-state index contributed by atoms with van der Waals surface area (Å²) in [6.07, 6.45) is 4.93. The van der Waals surface area contributed by atoms with Crippen LogP contribution in [0.3, 0.4) is 0 Å². The van der Waals surface area contributed by atoms with Crippen LogP contribution in [0.2, 0.25) is 0 Å². The van der Waals surface area contributed by atoms with Crippen LogP contribution in [0.1, 0.15) is 59.2 Å². The monoisotopic (exact) mass is 359 g/mol. The van der Waals surface area contributed by atoms with Crippen LogP contribution in [0.5, 0.6) is 0 Å². The molecule has 1 saturated carbocycles. The molecule has 132 valence electrons. The third-order valence-electron chi connectivity index (χ3n) is 4.94. The Morgan fingerprint density at radius 2 is 2.08 bits per heavy atom. The minimum absolute atomic E-state index is 0.0787. The Balaban J connectivity index is 1.67. The summed E-state index contributed by atoms with van der Waals surface area (Å²) in [4.78, 5) is 19.1. The minimum Gasteiger partial charge on any atom is -0.340 e. The quantitative estimate of drug-likeness (QED) is 0.776. The lowest BCUT2D eigenvalue weighted by Crippen LogP contribution is -2.47. The summed E-state index contributed by atoms with van der Waals surface area (Å²) in [5.74, 6) is 1.04. The summed E-state index contributed by atoms with van der Waals surface area (Å²) in [5.41, 5.74) is 0.408. The van der Waals surface area contributed by atoms with Crippen LogP contribution in [-0.4, -0.2) is 25.8 Å². The molecule has 7 nitrogen and oxygen atoms in total. The molecule has 3 heterocycles.